The third-order valence-electron chi connectivity index (χ3n) is 5.56. The van der Waals surface area contributed by atoms with E-state index in [-0.39, 0.29) is 0 Å². The molecule has 1 heteroatoms. The van der Waals surface area contributed by atoms with Gasteiger partial charge in [0.2, 0.25) is 0 Å². The third-order valence-corrected chi connectivity index (χ3v) is 5.80. The van der Waals surface area contributed by atoms with Crippen LogP contribution in [0.1, 0.15) is 44.1 Å². The van der Waals surface area contributed by atoms with Crippen LogP contribution in [0.25, 0.3) is 6.08 Å². The molecule has 100 valence electrons. The molecule has 0 spiro atoms. The number of hydrogen-bond acceptors (Lipinski definition) is 0. The highest BCUT2D eigenvalue weighted by atomic mass is 35.5. The number of allylic oxidation sites excluding steroid dienone is 1. The molecule has 0 unspecified atom stereocenters. The van der Waals surface area contributed by atoms with E-state index in [9.17, 15) is 0 Å². The maximum atomic E-state index is 6.07. The monoisotopic (exact) mass is 272 g/mol. The van der Waals surface area contributed by atoms with Gasteiger partial charge in [0.25, 0.3) is 0 Å². The van der Waals surface area contributed by atoms with Crippen molar-refractivity contribution in [2.24, 2.45) is 23.2 Å². The Hall–Kier alpha value is -0.750. The minimum Gasteiger partial charge on any atom is -0.0843 e. The molecule has 1 aromatic rings. The van der Waals surface area contributed by atoms with Gasteiger partial charge in [0.1, 0.15) is 0 Å². The first-order valence-electron chi connectivity index (χ1n) is 7.66. The Morgan fingerprint density at radius 2 is 1.63 bits per heavy atom. The lowest BCUT2D eigenvalue weighted by Gasteiger charge is -2.55. The molecule has 0 aliphatic heterocycles. The van der Waals surface area contributed by atoms with Crippen LogP contribution in [0.15, 0.2) is 30.3 Å². The first-order valence-corrected chi connectivity index (χ1v) is 8.03. The molecule has 4 saturated carbocycles. The zero-order valence-electron chi connectivity index (χ0n) is 11.3. The normalized spacial score (nSPS) is 40.2. The Balaban J connectivity index is 1.59. The van der Waals surface area contributed by atoms with Gasteiger partial charge in [0.05, 0.1) is 0 Å². The van der Waals surface area contributed by atoms with Gasteiger partial charge in [-0.3, -0.25) is 0 Å². The predicted molar refractivity (Wildman–Crippen MR) is 81.1 cm³/mol. The van der Waals surface area contributed by atoms with Crippen LogP contribution in [0.4, 0.5) is 0 Å². The van der Waals surface area contributed by atoms with Crippen LogP contribution in [0.2, 0.25) is 5.02 Å². The average Bonchev–Trinajstić information content (AvgIpc) is 2.35. The molecule has 0 atom stereocenters. The summed E-state index contributed by atoms with van der Waals surface area (Å²) in [5.41, 5.74) is 1.78. The summed E-state index contributed by atoms with van der Waals surface area (Å²) in [6, 6.07) is 8.22. The smallest absolute Gasteiger partial charge is 0.0411 e. The highest BCUT2D eigenvalue weighted by Crippen LogP contribution is 2.60. The summed E-state index contributed by atoms with van der Waals surface area (Å²) in [7, 11) is 0. The van der Waals surface area contributed by atoms with Gasteiger partial charge < -0.3 is 0 Å². The fraction of sp³-hybridized carbons (Fsp3) is 0.556. The van der Waals surface area contributed by atoms with Crippen LogP contribution in [0.3, 0.4) is 0 Å². The molecule has 4 aliphatic rings. The van der Waals surface area contributed by atoms with Gasteiger partial charge in [-0.15, -0.1) is 0 Å². The van der Waals surface area contributed by atoms with E-state index in [1.807, 2.05) is 12.1 Å². The Morgan fingerprint density at radius 1 is 1.00 bits per heavy atom. The van der Waals surface area contributed by atoms with E-state index < -0.39 is 0 Å². The molecule has 5 rings (SSSR count). The fourth-order valence-corrected chi connectivity index (χ4v) is 5.46. The first kappa shape index (κ1) is 12.0. The topological polar surface area (TPSA) is 0 Å². The molecular formula is C18H21Cl. The van der Waals surface area contributed by atoms with Gasteiger partial charge in [-0.2, -0.15) is 0 Å². The summed E-state index contributed by atoms with van der Waals surface area (Å²) in [5, 5.41) is 0.840. The lowest BCUT2D eigenvalue weighted by atomic mass is 9.49. The summed E-state index contributed by atoms with van der Waals surface area (Å²) in [6.07, 6.45) is 13.7. The van der Waals surface area contributed by atoms with Crippen LogP contribution in [-0.2, 0) is 0 Å². The summed E-state index contributed by atoms with van der Waals surface area (Å²) < 4.78 is 0. The molecule has 19 heavy (non-hydrogen) atoms. The quantitative estimate of drug-likeness (QED) is 0.660. The summed E-state index contributed by atoms with van der Waals surface area (Å²) >= 11 is 6.07. The van der Waals surface area contributed by atoms with Crippen molar-refractivity contribution in [1.82, 2.24) is 0 Å². The SMILES string of the molecule is Clc1cccc(/C=C\C23CC4CC(CC(C4)C2)C3)c1. The van der Waals surface area contributed by atoms with Gasteiger partial charge >= 0.3 is 0 Å². The second kappa shape index (κ2) is 4.38. The van der Waals surface area contributed by atoms with Crippen molar-refractivity contribution < 1.29 is 0 Å². The zero-order chi connectivity index (χ0) is 12.9. The summed E-state index contributed by atoms with van der Waals surface area (Å²) in [6.45, 7) is 0. The molecule has 4 aliphatic carbocycles. The van der Waals surface area contributed by atoms with Crippen LogP contribution in [0.5, 0.6) is 0 Å². The molecule has 0 N–H and O–H groups in total. The van der Waals surface area contributed by atoms with Gasteiger partial charge in [-0.05, 0) is 79.4 Å². The lowest BCUT2D eigenvalue weighted by molar-refractivity contribution is -0.0232. The number of rotatable bonds is 2. The van der Waals surface area contributed by atoms with Crippen LogP contribution >= 0.6 is 11.6 Å². The van der Waals surface area contributed by atoms with E-state index in [1.54, 1.807) is 0 Å². The lowest BCUT2D eigenvalue weighted by Crippen LogP contribution is -2.44. The van der Waals surface area contributed by atoms with Gasteiger partial charge in [0, 0.05) is 5.02 Å². The highest BCUT2D eigenvalue weighted by molar-refractivity contribution is 6.30. The number of hydrogen-bond donors (Lipinski definition) is 0. The van der Waals surface area contributed by atoms with Crippen molar-refractivity contribution in [3.05, 3.63) is 40.9 Å². The number of benzene rings is 1. The Kier molecular flexibility index (Phi) is 2.77. The maximum absolute atomic E-state index is 6.07. The van der Waals surface area contributed by atoms with Crippen molar-refractivity contribution in [3.8, 4) is 0 Å². The third kappa shape index (κ3) is 2.25. The highest BCUT2D eigenvalue weighted by Gasteiger charge is 2.49. The van der Waals surface area contributed by atoms with Crippen LogP contribution in [-0.4, -0.2) is 0 Å². The average molecular weight is 273 g/mol. The largest absolute Gasteiger partial charge is 0.0843 e. The van der Waals surface area contributed by atoms with E-state index >= 15 is 0 Å². The molecule has 0 nitrogen and oxygen atoms in total. The molecule has 4 bridgehead atoms. The molecule has 4 fully saturated rings. The molecule has 0 aromatic heterocycles. The second-order valence-corrected chi connectivity index (χ2v) is 7.60. The first-order chi connectivity index (χ1) is 9.21. The van der Waals surface area contributed by atoms with E-state index in [4.69, 9.17) is 11.6 Å². The fourth-order valence-electron chi connectivity index (χ4n) is 5.27. The maximum Gasteiger partial charge on any atom is 0.0411 e. The van der Waals surface area contributed by atoms with E-state index in [2.05, 4.69) is 24.3 Å². The van der Waals surface area contributed by atoms with Crippen molar-refractivity contribution in [2.75, 3.05) is 0 Å². The number of halogens is 1. The van der Waals surface area contributed by atoms with Gasteiger partial charge in [0.15, 0.2) is 0 Å². The van der Waals surface area contributed by atoms with Crippen LogP contribution < -0.4 is 0 Å². The molecular weight excluding hydrogens is 252 g/mol. The van der Waals surface area contributed by atoms with Crippen molar-refractivity contribution >= 4 is 17.7 Å². The standard InChI is InChI=1S/C18H21Cl/c19-17-3-1-2-13(9-17)4-5-18-10-14-6-15(11-18)8-16(7-14)12-18/h1-5,9,14-16H,6-8,10-12H2/b5-4-. The minimum atomic E-state index is 0.525. The molecule has 0 radical (unpaired) electrons. The Bertz CT molecular complexity index is 479. The molecule has 0 saturated heterocycles. The van der Waals surface area contributed by atoms with Gasteiger partial charge in [-0.25, -0.2) is 0 Å². The van der Waals surface area contributed by atoms with Crippen LogP contribution in [0, 0.1) is 23.2 Å². The second-order valence-electron chi connectivity index (χ2n) is 7.17. The molecule has 0 heterocycles. The van der Waals surface area contributed by atoms with Gasteiger partial charge in [-0.1, -0.05) is 35.9 Å². The molecule has 1 aromatic carbocycles. The molecule has 0 amide bonds. The Morgan fingerprint density at radius 3 is 2.21 bits per heavy atom. The van der Waals surface area contributed by atoms with E-state index in [0.29, 0.717) is 5.41 Å². The van der Waals surface area contributed by atoms with E-state index in [1.165, 1.54) is 44.1 Å². The van der Waals surface area contributed by atoms with Crippen molar-refractivity contribution in [3.63, 3.8) is 0 Å². The predicted octanol–water partition coefficient (Wildman–Crippen LogP) is 5.57. The van der Waals surface area contributed by atoms with E-state index in [0.717, 1.165) is 22.8 Å². The Labute approximate surface area is 120 Å². The zero-order valence-corrected chi connectivity index (χ0v) is 12.1. The van der Waals surface area contributed by atoms with Crippen molar-refractivity contribution in [1.29, 1.82) is 0 Å². The minimum absolute atomic E-state index is 0.525. The van der Waals surface area contributed by atoms with Crippen molar-refractivity contribution in [2.45, 2.75) is 38.5 Å². The summed E-state index contributed by atoms with van der Waals surface area (Å²) in [5.74, 6) is 3.07. The summed E-state index contributed by atoms with van der Waals surface area (Å²) in [4.78, 5) is 0.